The topological polar surface area (TPSA) is 35.2 Å². The number of benzene rings is 1. The molecule has 0 fully saturated rings. The molecule has 0 amide bonds. The molecule has 0 saturated carbocycles. The van der Waals surface area contributed by atoms with Crippen LogP contribution < -0.4 is 5.73 Å². The zero-order chi connectivity index (χ0) is 13.7. The van der Waals surface area contributed by atoms with Crippen molar-refractivity contribution in [3.8, 4) is 0 Å². The minimum atomic E-state index is -0.245. The van der Waals surface area contributed by atoms with Crippen molar-refractivity contribution in [1.82, 2.24) is 0 Å². The molecule has 2 atom stereocenters. The summed E-state index contributed by atoms with van der Waals surface area (Å²) < 4.78 is 18.9. The van der Waals surface area contributed by atoms with E-state index < -0.39 is 0 Å². The molecule has 0 aliphatic rings. The molecule has 2 aromatic rings. The van der Waals surface area contributed by atoms with E-state index in [0.717, 1.165) is 16.9 Å². The van der Waals surface area contributed by atoms with Crippen molar-refractivity contribution in [2.45, 2.75) is 32.1 Å². The Kier molecular flexibility index (Phi) is 5.07. The maximum absolute atomic E-state index is 13.0. The predicted molar refractivity (Wildman–Crippen MR) is 76.5 cm³/mol. The van der Waals surface area contributed by atoms with Crippen molar-refractivity contribution in [3.63, 3.8) is 0 Å². The van der Waals surface area contributed by atoms with Gasteiger partial charge in [-0.3, -0.25) is 0 Å². The molecule has 1 aromatic carbocycles. The van der Waals surface area contributed by atoms with E-state index in [2.05, 4.69) is 0 Å². The Bertz CT molecular complexity index is 483. The third-order valence-corrected chi connectivity index (χ3v) is 3.89. The zero-order valence-electron chi connectivity index (χ0n) is 10.9. The van der Waals surface area contributed by atoms with Gasteiger partial charge in [-0.15, -0.1) is 11.3 Å². The SMILES string of the molecule is CCC(N)C(OCc1cccs1)c1ccc(F)cc1. The molecule has 2 nitrogen and oxygen atoms in total. The molecular formula is C15H18FNOS. The van der Waals surface area contributed by atoms with Gasteiger partial charge in [-0.2, -0.15) is 0 Å². The van der Waals surface area contributed by atoms with Gasteiger partial charge in [0.25, 0.3) is 0 Å². The van der Waals surface area contributed by atoms with E-state index in [1.807, 2.05) is 24.4 Å². The van der Waals surface area contributed by atoms with Gasteiger partial charge in [-0.25, -0.2) is 4.39 Å². The van der Waals surface area contributed by atoms with Gasteiger partial charge in [0.2, 0.25) is 0 Å². The quantitative estimate of drug-likeness (QED) is 0.871. The molecule has 2 rings (SSSR count). The van der Waals surface area contributed by atoms with E-state index in [-0.39, 0.29) is 18.0 Å². The van der Waals surface area contributed by atoms with E-state index in [1.165, 1.54) is 12.1 Å². The summed E-state index contributed by atoms with van der Waals surface area (Å²) in [5.41, 5.74) is 7.03. The lowest BCUT2D eigenvalue weighted by Gasteiger charge is -2.23. The third-order valence-electron chi connectivity index (χ3n) is 3.04. The summed E-state index contributed by atoms with van der Waals surface area (Å²) in [4.78, 5) is 1.16. The van der Waals surface area contributed by atoms with Crippen LogP contribution in [0.4, 0.5) is 4.39 Å². The molecule has 2 unspecified atom stereocenters. The third kappa shape index (κ3) is 3.86. The summed E-state index contributed by atoms with van der Waals surface area (Å²) in [5.74, 6) is -0.245. The zero-order valence-corrected chi connectivity index (χ0v) is 11.7. The van der Waals surface area contributed by atoms with Gasteiger partial charge in [-0.1, -0.05) is 25.1 Å². The monoisotopic (exact) mass is 279 g/mol. The summed E-state index contributed by atoms with van der Waals surface area (Å²) in [6, 6.07) is 10.3. The Morgan fingerprint density at radius 2 is 2.00 bits per heavy atom. The summed E-state index contributed by atoms with van der Waals surface area (Å²) in [5, 5.41) is 2.02. The van der Waals surface area contributed by atoms with Crippen LogP contribution in [0.2, 0.25) is 0 Å². The molecule has 0 aliphatic heterocycles. The van der Waals surface area contributed by atoms with Crippen molar-refractivity contribution < 1.29 is 9.13 Å². The van der Waals surface area contributed by atoms with E-state index >= 15 is 0 Å². The summed E-state index contributed by atoms with van der Waals surface area (Å²) in [6.45, 7) is 2.56. The highest BCUT2D eigenvalue weighted by Crippen LogP contribution is 2.24. The van der Waals surface area contributed by atoms with Crippen molar-refractivity contribution in [2.75, 3.05) is 0 Å². The number of nitrogens with two attached hydrogens (primary N) is 1. The maximum atomic E-state index is 13.0. The summed E-state index contributed by atoms with van der Waals surface area (Å²) in [7, 11) is 0. The molecule has 4 heteroatoms. The maximum Gasteiger partial charge on any atom is 0.123 e. The normalized spacial score (nSPS) is 14.3. The number of rotatable bonds is 6. The summed E-state index contributed by atoms with van der Waals surface area (Å²) >= 11 is 1.66. The van der Waals surface area contributed by atoms with Crippen LogP contribution in [-0.4, -0.2) is 6.04 Å². The van der Waals surface area contributed by atoms with Crippen LogP contribution in [0.15, 0.2) is 41.8 Å². The largest absolute Gasteiger partial charge is 0.366 e. The van der Waals surface area contributed by atoms with Gasteiger partial charge in [0.15, 0.2) is 0 Å². The van der Waals surface area contributed by atoms with Crippen molar-refractivity contribution in [3.05, 3.63) is 58.0 Å². The van der Waals surface area contributed by atoms with Crippen molar-refractivity contribution in [1.29, 1.82) is 0 Å². The number of halogens is 1. The second-order valence-corrected chi connectivity index (χ2v) is 5.47. The van der Waals surface area contributed by atoms with Crippen molar-refractivity contribution >= 4 is 11.3 Å². The van der Waals surface area contributed by atoms with Crippen LogP contribution in [0.25, 0.3) is 0 Å². The standard InChI is InChI=1S/C15H18FNOS/c1-2-14(17)15(11-5-7-12(16)8-6-11)18-10-13-4-3-9-19-13/h3-9,14-15H,2,10,17H2,1H3. The molecule has 19 heavy (non-hydrogen) atoms. The van der Waals surface area contributed by atoms with Gasteiger partial charge in [0.1, 0.15) is 5.82 Å². The molecule has 2 N–H and O–H groups in total. The van der Waals surface area contributed by atoms with E-state index in [4.69, 9.17) is 10.5 Å². The highest BCUT2D eigenvalue weighted by atomic mass is 32.1. The van der Waals surface area contributed by atoms with Gasteiger partial charge < -0.3 is 10.5 Å². The van der Waals surface area contributed by atoms with Gasteiger partial charge in [0.05, 0.1) is 12.7 Å². The molecule has 102 valence electrons. The number of hydrogen-bond acceptors (Lipinski definition) is 3. The van der Waals surface area contributed by atoms with Crippen LogP contribution >= 0.6 is 11.3 Å². The predicted octanol–water partition coefficient (Wildman–Crippen LogP) is 3.88. The molecule has 0 radical (unpaired) electrons. The van der Waals surface area contributed by atoms with E-state index in [1.54, 1.807) is 23.5 Å². The fraction of sp³-hybridized carbons (Fsp3) is 0.333. The first-order chi connectivity index (χ1) is 9.20. The first kappa shape index (κ1) is 14.2. The second-order valence-electron chi connectivity index (χ2n) is 4.43. The van der Waals surface area contributed by atoms with Gasteiger partial charge in [0, 0.05) is 10.9 Å². The van der Waals surface area contributed by atoms with Crippen LogP contribution in [0.1, 0.15) is 29.9 Å². The van der Waals surface area contributed by atoms with Crippen molar-refractivity contribution in [2.24, 2.45) is 5.73 Å². The Morgan fingerprint density at radius 3 is 2.58 bits per heavy atom. The highest BCUT2D eigenvalue weighted by Gasteiger charge is 2.19. The lowest BCUT2D eigenvalue weighted by Crippen LogP contribution is -2.29. The first-order valence-electron chi connectivity index (χ1n) is 6.35. The van der Waals surface area contributed by atoms with E-state index in [0.29, 0.717) is 6.61 Å². The van der Waals surface area contributed by atoms with Crippen LogP contribution in [-0.2, 0) is 11.3 Å². The fourth-order valence-electron chi connectivity index (χ4n) is 1.90. The Hall–Kier alpha value is -1.23. The average Bonchev–Trinajstić information content (AvgIpc) is 2.93. The lowest BCUT2D eigenvalue weighted by atomic mass is 10.0. The molecule has 1 heterocycles. The molecule has 0 bridgehead atoms. The number of thiophene rings is 1. The molecule has 1 aromatic heterocycles. The highest BCUT2D eigenvalue weighted by molar-refractivity contribution is 7.09. The Morgan fingerprint density at radius 1 is 1.26 bits per heavy atom. The second kappa shape index (κ2) is 6.80. The number of ether oxygens (including phenoxy) is 1. The van der Waals surface area contributed by atoms with Crippen LogP contribution in [0.3, 0.4) is 0 Å². The van der Waals surface area contributed by atoms with Gasteiger partial charge >= 0.3 is 0 Å². The molecule has 0 aliphatic carbocycles. The Labute approximate surface area is 117 Å². The first-order valence-corrected chi connectivity index (χ1v) is 7.23. The molecule has 0 saturated heterocycles. The summed E-state index contributed by atoms with van der Waals surface area (Å²) in [6.07, 6.45) is 0.611. The number of hydrogen-bond donors (Lipinski definition) is 1. The molecular weight excluding hydrogens is 261 g/mol. The van der Waals surface area contributed by atoms with Gasteiger partial charge in [-0.05, 0) is 35.6 Å². The average molecular weight is 279 g/mol. The minimum Gasteiger partial charge on any atom is -0.366 e. The fourth-order valence-corrected chi connectivity index (χ4v) is 2.53. The minimum absolute atomic E-state index is 0.0922. The smallest absolute Gasteiger partial charge is 0.123 e. The molecule has 0 spiro atoms. The lowest BCUT2D eigenvalue weighted by molar-refractivity contribution is 0.0226. The van der Waals surface area contributed by atoms with Crippen LogP contribution in [0.5, 0.6) is 0 Å². The van der Waals surface area contributed by atoms with Crippen LogP contribution in [0, 0.1) is 5.82 Å². The Balaban J connectivity index is 2.09. The van der Waals surface area contributed by atoms with E-state index in [9.17, 15) is 4.39 Å².